The molecule has 0 atom stereocenters. The van der Waals surface area contributed by atoms with E-state index < -0.39 is 0 Å². The molecule has 0 aliphatic rings. The smallest absolute Gasteiger partial charge is 0.264 e. The summed E-state index contributed by atoms with van der Waals surface area (Å²) in [4.78, 5) is 34.7. The molecule has 0 spiro atoms. The van der Waals surface area contributed by atoms with E-state index in [2.05, 4.69) is 22.1 Å². The van der Waals surface area contributed by atoms with Gasteiger partial charge in [0.2, 0.25) is 0 Å². The molecule has 0 radical (unpaired) electrons. The molecular weight excluding hydrogens is 390 g/mol. The Morgan fingerprint density at radius 3 is 2.64 bits per heavy atom. The number of amides is 1. The lowest BCUT2D eigenvalue weighted by atomic mass is 10.2. The minimum Gasteiger partial charge on any atom is -0.334 e. The summed E-state index contributed by atoms with van der Waals surface area (Å²) < 4.78 is 3.50. The Kier molecular flexibility index (Phi) is 3.99. The van der Waals surface area contributed by atoms with E-state index in [1.807, 2.05) is 24.3 Å². The van der Waals surface area contributed by atoms with Crippen molar-refractivity contribution in [3.05, 3.63) is 75.7 Å². The van der Waals surface area contributed by atoms with E-state index in [0.29, 0.717) is 21.6 Å². The van der Waals surface area contributed by atoms with Crippen molar-refractivity contribution < 1.29 is 4.79 Å². The van der Waals surface area contributed by atoms with E-state index in [0.717, 1.165) is 9.40 Å². The summed E-state index contributed by atoms with van der Waals surface area (Å²) in [6.45, 7) is 0.241. The second-order valence-electron chi connectivity index (χ2n) is 6.59. The van der Waals surface area contributed by atoms with Gasteiger partial charge in [0, 0.05) is 21.8 Å². The molecule has 2 aromatic carbocycles. The second-order valence-corrected chi connectivity index (χ2v) is 8.73. The van der Waals surface area contributed by atoms with Crippen LogP contribution in [0.1, 0.15) is 15.5 Å². The van der Waals surface area contributed by atoms with Crippen LogP contribution in [0.4, 0.5) is 0 Å². The van der Waals surface area contributed by atoms with Crippen molar-refractivity contribution >= 4 is 59.0 Å². The molecular formula is C21H15N3O2S2. The molecule has 0 saturated heterocycles. The number of para-hydroxylation sites is 1. The zero-order valence-electron chi connectivity index (χ0n) is 14.9. The molecule has 3 aromatic heterocycles. The zero-order chi connectivity index (χ0) is 19.3. The van der Waals surface area contributed by atoms with Crippen LogP contribution < -0.4 is 5.56 Å². The predicted octanol–water partition coefficient (Wildman–Crippen LogP) is 4.62. The predicted molar refractivity (Wildman–Crippen MR) is 115 cm³/mol. The van der Waals surface area contributed by atoms with Crippen molar-refractivity contribution in [1.29, 1.82) is 0 Å². The van der Waals surface area contributed by atoms with Crippen LogP contribution in [0.5, 0.6) is 0 Å². The number of fused-ring (bicyclic) bond motifs is 4. The average molecular weight is 406 g/mol. The largest absolute Gasteiger partial charge is 0.334 e. The van der Waals surface area contributed by atoms with Gasteiger partial charge in [-0.1, -0.05) is 30.3 Å². The molecule has 5 aromatic rings. The molecule has 138 valence electrons. The third-order valence-electron chi connectivity index (χ3n) is 4.66. The first-order valence-corrected chi connectivity index (χ1v) is 10.4. The summed E-state index contributed by atoms with van der Waals surface area (Å²) in [5.74, 6) is 0.400. The van der Waals surface area contributed by atoms with Gasteiger partial charge in [0.15, 0.2) is 0 Å². The number of carbonyl (C=O) groups is 1. The average Bonchev–Trinajstić information content (AvgIpc) is 3.25. The molecule has 1 amide bonds. The van der Waals surface area contributed by atoms with Gasteiger partial charge in [-0.05, 0) is 24.3 Å². The maximum Gasteiger partial charge on any atom is 0.264 e. The highest BCUT2D eigenvalue weighted by atomic mass is 32.1. The molecule has 0 aliphatic heterocycles. The van der Waals surface area contributed by atoms with Gasteiger partial charge in [0.05, 0.1) is 27.0 Å². The molecule has 0 aliphatic carbocycles. The van der Waals surface area contributed by atoms with Gasteiger partial charge in [0.1, 0.15) is 5.82 Å². The number of aromatic amines is 1. The number of aromatic nitrogens is 2. The molecule has 1 N–H and O–H groups in total. The van der Waals surface area contributed by atoms with Crippen molar-refractivity contribution in [2.45, 2.75) is 6.54 Å². The Bertz CT molecular complexity index is 1410. The number of H-pyrrole nitrogens is 1. The standard InChI is InChI=1S/C21H15N3O2S2/c1-24(11-18-22-14-8-4-2-6-12(14)20(25)23-18)21(26)17-10-16-19(28-17)13-7-3-5-9-15(13)27-16/h2-10H,11H2,1H3,(H,22,23,25). The number of benzene rings is 2. The van der Waals surface area contributed by atoms with E-state index in [4.69, 9.17) is 0 Å². The fraction of sp³-hybridized carbons (Fsp3) is 0.0952. The van der Waals surface area contributed by atoms with Gasteiger partial charge in [0.25, 0.3) is 11.5 Å². The molecule has 5 nitrogen and oxygen atoms in total. The van der Waals surface area contributed by atoms with E-state index in [1.54, 1.807) is 41.5 Å². The van der Waals surface area contributed by atoms with Crippen LogP contribution in [0.3, 0.4) is 0 Å². The van der Waals surface area contributed by atoms with Crippen molar-refractivity contribution in [3.8, 4) is 0 Å². The fourth-order valence-electron chi connectivity index (χ4n) is 3.30. The van der Waals surface area contributed by atoms with Gasteiger partial charge in [-0.25, -0.2) is 4.98 Å². The Labute approximate surface area is 167 Å². The van der Waals surface area contributed by atoms with Crippen LogP contribution >= 0.6 is 22.7 Å². The minimum absolute atomic E-state index is 0.0757. The molecule has 0 saturated carbocycles. The second kappa shape index (κ2) is 6.54. The van der Waals surface area contributed by atoms with E-state index in [-0.39, 0.29) is 18.0 Å². The topological polar surface area (TPSA) is 66.1 Å². The quantitative estimate of drug-likeness (QED) is 0.476. The Balaban J connectivity index is 1.45. The monoisotopic (exact) mass is 405 g/mol. The number of carbonyl (C=O) groups excluding carboxylic acids is 1. The number of hydrogen-bond donors (Lipinski definition) is 1. The summed E-state index contributed by atoms with van der Waals surface area (Å²) in [6, 6.07) is 17.4. The van der Waals surface area contributed by atoms with Crippen LogP contribution in [0.2, 0.25) is 0 Å². The first kappa shape index (κ1) is 17.1. The molecule has 0 unspecified atom stereocenters. The first-order valence-electron chi connectivity index (χ1n) is 8.74. The van der Waals surface area contributed by atoms with E-state index in [9.17, 15) is 9.59 Å². The van der Waals surface area contributed by atoms with Crippen LogP contribution in [-0.2, 0) is 6.54 Å². The Morgan fingerprint density at radius 1 is 1.04 bits per heavy atom. The zero-order valence-corrected chi connectivity index (χ0v) is 16.6. The number of hydrogen-bond acceptors (Lipinski definition) is 5. The third-order valence-corrected chi connectivity index (χ3v) is 7.06. The number of nitrogens with zero attached hydrogens (tertiary/aromatic N) is 2. The fourth-order valence-corrected chi connectivity index (χ4v) is 5.82. The van der Waals surface area contributed by atoms with Gasteiger partial charge in [-0.15, -0.1) is 22.7 Å². The lowest BCUT2D eigenvalue weighted by Gasteiger charge is -2.15. The van der Waals surface area contributed by atoms with Gasteiger partial charge < -0.3 is 9.88 Å². The minimum atomic E-state index is -0.190. The normalized spacial score (nSPS) is 11.5. The molecule has 7 heteroatoms. The van der Waals surface area contributed by atoms with Crippen molar-refractivity contribution in [1.82, 2.24) is 14.9 Å². The maximum absolute atomic E-state index is 12.9. The van der Waals surface area contributed by atoms with Crippen LogP contribution in [-0.4, -0.2) is 27.8 Å². The summed E-state index contributed by atoms with van der Waals surface area (Å²) in [7, 11) is 1.73. The Hall–Kier alpha value is -3.03. The highest BCUT2D eigenvalue weighted by molar-refractivity contribution is 7.33. The molecule has 0 fully saturated rings. The number of rotatable bonds is 3. The summed E-state index contributed by atoms with van der Waals surface area (Å²) in [6.07, 6.45) is 0. The summed E-state index contributed by atoms with van der Waals surface area (Å²) >= 11 is 3.21. The lowest BCUT2D eigenvalue weighted by Crippen LogP contribution is -2.27. The van der Waals surface area contributed by atoms with Crippen LogP contribution in [0.15, 0.2) is 59.4 Å². The lowest BCUT2D eigenvalue weighted by molar-refractivity contribution is 0.0786. The Morgan fingerprint density at radius 2 is 1.79 bits per heavy atom. The molecule has 5 rings (SSSR count). The molecule has 0 bridgehead atoms. The van der Waals surface area contributed by atoms with Crippen LogP contribution in [0.25, 0.3) is 30.4 Å². The van der Waals surface area contributed by atoms with E-state index >= 15 is 0 Å². The highest BCUT2D eigenvalue weighted by Crippen LogP contribution is 2.39. The van der Waals surface area contributed by atoms with E-state index in [1.165, 1.54) is 21.4 Å². The third kappa shape index (κ3) is 2.80. The van der Waals surface area contributed by atoms with Crippen molar-refractivity contribution in [2.75, 3.05) is 7.05 Å². The van der Waals surface area contributed by atoms with Crippen molar-refractivity contribution in [3.63, 3.8) is 0 Å². The highest BCUT2D eigenvalue weighted by Gasteiger charge is 2.18. The number of nitrogens with one attached hydrogen (secondary N) is 1. The van der Waals surface area contributed by atoms with Gasteiger partial charge >= 0.3 is 0 Å². The summed E-state index contributed by atoms with van der Waals surface area (Å²) in [5.41, 5.74) is 0.440. The van der Waals surface area contributed by atoms with Crippen LogP contribution in [0, 0.1) is 0 Å². The SMILES string of the molecule is CN(Cc1nc2ccccc2c(=O)[nH]1)C(=O)c1cc2sc3ccccc3c2s1. The van der Waals surface area contributed by atoms with Gasteiger partial charge in [-0.2, -0.15) is 0 Å². The molecule has 3 heterocycles. The first-order chi connectivity index (χ1) is 13.6. The van der Waals surface area contributed by atoms with Crippen molar-refractivity contribution in [2.24, 2.45) is 0 Å². The maximum atomic E-state index is 12.9. The molecule has 28 heavy (non-hydrogen) atoms. The summed E-state index contributed by atoms with van der Waals surface area (Å²) in [5, 5.41) is 1.74. The van der Waals surface area contributed by atoms with Gasteiger partial charge in [-0.3, -0.25) is 9.59 Å². The number of thiophene rings is 2.